The van der Waals surface area contributed by atoms with Crippen molar-refractivity contribution in [2.24, 2.45) is 0 Å². The van der Waals surface area contributed by atoms with Gasteiger partial charge in [0.1, 0.15) is 5.02 Å². The van der Waals surface area contributed by atoms with Crippen molar-refractivity contribution in [1.82, 2.24) is 4.98 Å². The van der Waals surface area contributed by atoms with E-state index in [4.69, 9.17) is 18.0 Å². The van der Waals surface area contributed by atoms with Crippen LogP contribution in [0.5, 0.6) is 0 Å². The van der Waals surface area contributed by atoms with Crippen LogP contribution >= 0.6 is 23.4 Å². The van der Waals surface area contributed by atoms with E-state index >= 15 is 0 Å². The molecule has 3 aromatic rings. The Bertz CT molecular complexity index is 940. The van der Waals surface area contributed by atoms with Gasteiger partial charge in [-0.05, 0) is 11.6 Å². The van der Waals surface area contributed by atoms with Gasteiger partial charge in [0, 0.05) is 22.1 Å². The van der Waals surface area contributed by atoms with E-state index in [1.807, 2.05) is 48.5 Å². The number of nitrogens with one attached hydrogen (secondary N) is 1. The first-order valence-corrected chi connectivity index (χ1v) is 8.05. The Balaban J connectivity index is 2.00. The first-order chi connectivity index (χ1) is 10.7. The average Bonchev–Trinajstić information content (AvgIpc) is 2.57. The minimum atomic E-state index is -0.270. The summed E-state index contributed by atoms with van der Waals surface area (Å²) in [6.45, 7) is 0. The van der Waals surface area contributed by atoms with E-state index in [0.29, 0.717) is 5.75 Å². The van der Waals surface area contributed by atoms with Gasteiger partial charge in [0.25, 0.3) is 5.56 Å². The molecule has 0 spiro atoms. The zero-order valence-electron chi connectivity index (χ0n) is 11.6. The lowest BCUT2D eigenvalue weighted by molar-refractivity contribution is 1.11. The summed E-state index contributed by atoms with van der Waals surface area (Å²) in [4.78, 5) is 14.8. The number of H-pyrrole nitrogens is 1. The van der Waals surface area contributed by atoms with Crippen molar-refractivity contribution >= 4 is 34.1 Å². The van der Waals surface area contributed by atoms with Gasteiger partial charge in [-0.15, -0.1) is 18.2 Å². The zero-order chi connectivity index (χ0) is 15.5. The molecule has 0 atom stereocenters. The highest BCUT2D eigenvalue weighted by molar-refractivity contribution is 7.98. The summed E-state index contributed by atoms with van der Waals surface area (Å²) in [5, 5.41) is 2.73. The molecule has 0 radical (unpaired) electrons. The van der Waals surface area contributed by atoms with Crippen molar-refractivity contribution in [3.05, 3.63) is 75.0 Å². The predicted molar refractivity (Wildman–Crippen MR) is 93.5 cm³/mol. The Morgan fingerprint density at radius 1 is 1.09 bits per heavy atom. The van der Waals surface area contributed by atoms with Crippen LogP contribution in [0.4, 0.5) is 0 Å². The predicted octanol–water partition coefficient (Wildman–Crippen LogP) is 4.46. The molecule has 2 aromatic carbocycles. The SMILES string of the molecule is C#Cc1ccccc1CSc1[nH]c(=O)c(Cl)c2ccccc12. The second kappa shape index (κ2) is 6.31. The summed E-state index contributed by atoms with van der Waals surface area (Å²) >= 11 is 7.63. The summed E-state index contributed by atoms with van der Waals surface area (Å²) < 4.78 is 0. The number of aromatic amines is 1. The summed E-state index contributed by atoms with van der Waals surface area (Å²) in [6, 6.07) is 15.4. The molecule has 0 fully saturated rings. The highest BCUT2D eigenvalue weighted by Gasteiger charge is 2.10. The van der Waals surface area contributed by atoms with Crippen molar-refractivity contribution < 1.29 is 0 Å². The molecular formula is C18H12ClNOS. The van der Waals surface area contributed by atoms with Gasteiger partial charge in [0.05, 0.1) is 5.03 Å². The van der Waals surface area contributed by atoms with Crippen LogP contribution < -0.4 is 5.56 Å². The quantitative estimate of drug-likeness (QED) is 0.570. The fourth-order valence-corrected chi connectivity index (χ4v) is 3.53. The largest absolute Gasteiger partial charge is 0.315 e. The van der Waals surface area contributed by atoms with Gasteiger partial charge in [-0.3, -0.25) is 4.79 Å². The Morgan fingerprint density at radius 3 is 2.55 bits per heavy atom. The maximum Gasteiger partial charge on any atom is 0.268 e. The fraction of sp³-hybridized carbons (Fsp3) is 0.0556. The Morgan fingerprint density at radius 2 is 1.77 bits per heavy atom. The van der Waals surface area contributed by atoms with Gasteiger partial charge in [-0.2, -0.15) is 0 Å². The van der Waals surface area contributed by atoms with E-state index in [2.05, 4.69) is 10.9 Å². The molecule has 0 aliphatic heterocycles. The highest BCUT2D eigenvalue weighted by atomic mass is 35.5. The van der Waals surface area contributed by atoms with Crippen LogP contribution in [0.25, 0.3) is 10.8 Å². The summed E-state index contributed by atoms with van der Waals surface area (Å²) in [7, 11) is 0. The van der Waals surface area contributed by atoms with Crippen LogP contribution in [0.15, 0.2) is 58.4 Å². The van der Waals surface area contributed by atoms with E-state index in [1.165, 1.54) is 0 Å². The molecule has 0 aliphatic rings. The van der Waals surface area contributed by atoms with E-state index < -0.39 is 0 Å². The lowest BCUT2D eigenvalue weighted by atomic mass is 10.1. The minimum absolute atomic E-state index is 0.226. The van der Waals surface area contributed by atoms with Gasteiger partial charge in [-0.25, -0.2) is 0 Å². The molecule has 2 nitrogen and oxygen atoms in total. The zero-order valence-corrected chi connectivity index (χ0v) is 13.2. The number of hydrogen-bond donors (Lipinski definition) is 1. The third-order valence-corrected chi connectivity index (χ3v) is 4.82. The van der Waals surface area contributed by atoms with Crippen LogP contribution in [0, 0.1) is 12.3 Å². The number of aromatic nitrogens is 1. The monoisotopic (exact) mass is 325 g/mol. The van der Waals surface area contributed by atoms with Gasteiger partial charge in [-0.1, -0.05) is 60.0 Å². The summed E-state index contributed by atoms with van der Waals surface area (Å²) in [5.74, 6) is 3.37. The van der Waals surface area contributed by atoms with Crippen molar-refractivity contribution in [1.29, 1.82) is 0 Å². The Labute approximate surface area is 137 Å². The third kappa shape index (κ3) is 2.76. The smallest absolute Gasteiger partial charge is 0.268 e. The number of rotatable bonds is 3. The minimum Gasteiger partial charge on any atom is -0.315 e. The number of thioether (sulfide) groups is 1. The summed E-state index contributed by atoms with van der Waals surface area (Å²) in [6.07, 6.45) is 5.52. The average molecular weight is 326 g/mol. The molecule has 3 rings (SSSR count). The molecular weight excluding hydrogens is 314 g/mol. The van der Waals surface area contributed by atoms with E-state index in [1.54, 1.807) is 11.8 Å². The normalized spacial score (nSPS) is 10.5. The maximum atomic E-state index is 12.0. The van der Waals surface area contributed by atoms with Crippen molar-refractivity contribution in [3.8, 4) is 12.3 Å². The number of terminal acetylenes is 1. The van der Waals surface area contributed by atoms with Crippen LogP contribution in [0.3, 0.4) is 0 Å². The molecule has 1 aromatic heterocycles. The maximum absolute atomic E-state index is 12.0. The molecule has 0 aliphatic carbocycles. The molecule has 0 saturated heterocycles. The van der Waals surface area contributed by atoms with Gasteiger partial charge < -0.3 is 4.98 Å². The number of benzene rings is 2. The third-order valence-electron chi connectivity index (χ3n) is 3.38. The van der Waals surface area contributed by atoms with Gasteiger partial charge >= 0.3 is 0 Å². The van der Waals surface area contributed by atoms with Crippen molar-refractivity contribution in [2.45, 2.75) is 10.8 Å². The van der Waals surface area contributed by atoms with Gasteiger partial charge in [0.15, 0.2) is 0 Å². The number of halogens is 1. The molecule has 0 amide bonds. The number of pyridine rings is 1. The van der Waals surface area contributed by atoms with Gasteiger partial charge in [0.2, 0.25) is 0 Å². The molecule has 108 valence electrons. The standard InChI is InChI=1S/C18H12ClNOS/c1-2-12-7-3-4-8-13(12)11-22-18-15-10-6-5-9-14(15)16(19)17(21)20-18/h1,3-10H,11H2,(H,20,21). The first-order valence-electron chi connectivity index (χ1n) is 6.68. The van der Waals surface area contributed by atoms with Crippen molar-refractivity contribution in [2.75, 3.05) is 0 Å². The molecule has 4 heteroatoms. The number of hydrogen-bond acceptors (Lipinski definition) is 2. The molecule has 0 bridgehead atoms. The first kappa shape index (κ1) is 14.8. The summed E-state index contributed by atoms with van der Waals surface area (Å²) in [5.41, 5.74) is 1.67. The Hall–Kier alpha value is -2.15. The van der Waals surface area contributed by atoms with Crippen LogP contribution in [0.2, 0.25) is 5.02 Å². The molecule has 1 N–H and O–H groups in total. The number of fused-ring (bicyclic) bond motifs is 1. The molecule has 1 heterocycles. The van der Waals surface area contributed by atoms with Crippen LogP contribution in [-0.4, -0.2) is 4.98 Å². The topological polar surface area (TPSA) is 32.9 Å². The van der Waals surface area contributed by atoms with Crippen LogP contribution in [-0.2, 0) is 5.75 Å². The fourth-order valence-electron chi connectivity index (χ4n) is 2.27. The lowest BCUT2D eigenvalue weighted by Crippen LogP contribution is -2.08. The Kier molecular flexibility index (Phi) is 4.24. The highest BCUT2D eigenvalue weighted by Crippen LogP contribution is 2.30. The molecule has 22 heavy (non-hydrogen) atoms. The molecule has 0 saturated carbocycles. The van der Waals surface area contributed by atoms with Crippen LogP contribution in [0.1, 0.15) is 11.1 Å². The van der Waals surface area contributed by atoms with E-state index in [9.17, 15) is 4.79 Å². The van der Waals surface area contributed by atoms with E-state index in [-0.39, 0.29) is 10.6 Å². The lowest BCUT2D eigenvalue weighted by Gasteiger charge is -2.08. The second-order valence-corrected chi connectivity index (χ2v) is 6.10. The van der Waals surface area contributed by atoms with E-state index in [0.717, 1.165) is 26.9 Å². The van der Waals surface area contributed by atoms with Crippen molar-refractivity contribution in [3.63, 3.8) is 0 Å². The second-order valence-electron chi connectivity index (χ2n) is 4.73. The molecule has 0 unspecified atom stereocenters.